The molecule has 84 valence electrons. The number of halogens is 1. The summed E-state index contributed by atoms with van der Waals surface area (Å²) >= 11 is 0. The van der Waals surface area contributed by atoms with Crippen molar-refractivity contribution in [2.24, 2.45) is 0 Å². The standard InChI is InChI=1S/C11H16FNO2/c1-7-8(2)11(4-3-10(7)12)13-5-9(15)6-14/h3-4,9,13-15H,5-6H2,1-2H3. The lowest BCUT2D eigenvalue weighted by Crippen LogP contribution is -2.23. The zero-order valence-corrected chi connectivity index (χ0v) is 8.92. The Bertz CT molecular complexity index is 342. The van der Waals surface area contributed by atoms with Crippen molar-refractivity contribution in [2.75, 3.05) is 18.5 Å². The van der Waals surface area contributed by atoms with Crippen LogP contribution in [0, 0.1) is 19.7 Å². The molecule has 0 radical (unpaired) electrons. The highest BCUT2D eigenvalue weighted by Crippen LogP contribution is 2.20. The minimum absolute atomic E-state index is 0.235. The van der Waals surface area contributed by atoms with Crippen LogP contribution in [0.1, 0.15) is 11.1 Å². The zero-order chi connectivity index (χ0) is 11.4. The summed E-state index contributed by atoms with van der Waals surface area (Å²) in [6.45, 7) is 3.49. The van der Waals surface area contributed by atoms with Gasteiger partial charge in [-0.15, -0.1) is 0 Å². The maximum absolute atomic E-state index is 13.1. The number of benzene rings is 1. The topological polar surface area (TPSA) is 52.5 Å². The van der Waals surface area contributed by atoms with Crippen molar-refractivity contribution in [3.8, 4) is 0 Å². The monoisotopic (exact) mass is 213 g/mol. The molecule has 15 heavy (non-hydrogen) atoms. The van der Waals surface area contributed by atoms with E-state index in [9.17, 15) is 4.39 Å². The summed E-state index contributed by atoms with van der Waals surface area (Å²) in [5, 5.41) is 20.7. The number of rotatable bonds is 4. The van der Waals surface area contributed by atoms with E-state index in [2.05, 4.69) is 5.32 Å². The predicted molar refractivity (Wildman–Crippen MR) is 57.5 cm³/mol. The van der Waals surface area contributed by atoms with Gasteiger partial charge in [0.1, 0.15) is 5.82 Å². The molecule has 0 spiro atoms. The fourth-order valence-electron chi connectivity index (χ4n) is 1.27. The van der Waals surface area contributed by atoms with Crippen molar-refractivity contribution in [1.29, 1.82) is 0 Å². The van der Waals surface area contributed by atoms with E-state index in [0.717, 1.165) is 11.3 Å². The number of hydrogen-bond acceptors (Lipinski definition) is 3. The van der Waals surface area contributed by atoms with E-state index in [0.29, 0.717) is 5.56 Å². The van der Waals surface area contributed by atoms with Crippen molar-refractivity contribution in [1.82, 2.24) is 0 Å². The third-order valence-electron chi connectivity index (χ3n) is 2.46. The van der Waals surface area contributed by atoms with Crippen LogP contribution in [0.3, 0.4) is 0 Å². The molecule has 3 N–H and O–H groups in total. The molecule has 0 amide bonds. The Morgan fingerprint density at radius 2 is 2.00 bits per heavy atom. The Labute approximate surface area is 88.6 Å². The second-order valence-electron chi connectivity index (χ2n) is 3.56. The van der Waals surface area contributed by atoms with Gasteiger partial charge in [-0.2, -0.15) is 0 Å². The lowest BCUT2D eigenvalue weighted by atomic mass is 10.1. The molecular weight excluding hydrogens is 197 g/mol. The summed E-state index contributed by atoms with van der Waals surface area (Å²) in [5.74, 6) is -0.235. The minimum Gasteiger partial charge on any atom is -0.394 e. The van der Waals surface area contributed by atoms with Crippen LogP contribution in [0.25, 0.3) is 0 Å². The van der Waals surface area contributed by atoms with Gasteiger partial charge in [0.05, 0.1) is 12.7 Å². The summed E-state index contributed by atoms with van der Waals surface area (Å²) in [5.41, 5.74) is 2.19. The smallest absolute Gasteiger partial charge is 0.126 e. The van der Waals surface area contributed by atoms with Crippen LogP contribution >= 0.6 is 0 Å². The molecule has 0 saturated carbocycles. The van der Waals surface area contributed by atoms with Gasteiger partial charge in [-0.1, -0.05) is 0 Å². The van der Waals surface area contributed by atoms with Crippen LogP contribution in [-0.4, -0.2) is 29.5 Å². The van der Waals surface area contributed by atoms with Gasteiger partial charge in [0.15, 0.2) is 0 Å². The number of hydrogen-bond donors (Lipinski definition) is 3. The largest absolute Gasteiger partial charge is 0.394 e. The predicted octanol–water partition coefficient (Wildman–Crippen LogP) is 1.21. The molecule has 0 heterocycles. The molecule has 3 nitrogen and oxygen atoms in total. The third kappa shape index (κ3) is 2.91. The van der Waals surface area contributed by atoms with E-state index in [1.165, 1.54) is 6.07 Å². The van der Waals surface area contributed by atoms with E-state index in [4.69, 9.17) is 10.2 Å². The first-order valence-electron chi connectivity index (χ1n) is 4.84. The molecule has 0 bridgehead atoms. The minimum atomic E-state index is -0.797. The molecule has 0 aliphatic carbocycles. The van der Waals surface area contributed by atoms with Crippen molar-refractivity contribution < 1.29 is 14.6 Å². The van der Waals surface area contributed by atoms with Crippen LogP contribution in [0.5, 0.6) is 0 Å². The second kappa shape index (κ2) is 5.09. The Kier molecular flexibility index (Phi) is 4.05. The highest BCUT2D eigenvalue weighted by atomic mass is 19.1. The highest BCUT2D eigenvalue weighted by Gasteiger charge is 2.07. The van der Waals surface area contributed by atoms with Crippen LogP contribution in [-0.2, 0) is 0 Å². The Morgan fingerprint density at radius 3 is 2.60 bits per heavy atom. The van der Waals surface area contributed by atoms with Gasteiger partial charge in [-0.3, -0.25) is 0 Å². The van der Waals surface area contributed by atoms with Crippen LogP contribution in [0.4, 0.5) is 10.1 Å². The molecule has 0 fully saturated rings. The third-order valence-corrected chi connectivity index (χ3v) is 2.46. The first-order chi connectivity index (χ1) is 7.06. The summed E-state index contributed by atoms with van der Waals surface area (Å²) in [6, 6.07) is 3.01. The van der Waals surface area contributed by atoms with E-state index < -0.39 is 6.10 Å². The molecule has 0 saturated heterocycles. The number of aliphatic hydroxyl groups excluding tert-OH is 2. The van der Waals surface area contributed by atoms with Crippen LogP contribution in [0.15, 0.2) is 12.1 Å². The maximum Gasteiger partial charge on any atom is 0.126 e. The van der Waals surface area contributed by atoms with Crippen LogP contribution < -0.4 is 5.32 Å². The van der Waals surface area contributed by atoms with Gasteiger partial charge >= 0.3 is 0 Å². The highest BCUT2D eigenvalue weighted by molar-refractivity contribution is 5.54. The van der Waals surface area contributed by atoms with Crippen molar-refractivity contribution in [3.63, 3.8) is 0 Å². The molecule has 4 heteroatoms. The average Bonchev–Trinajstić information content (AvgIpc) is 2.24. The van der Waals surface area contributed by atoms with Gasteiger partial charge in [0.25, 0.3) is 0 Å². The van der Waals surface area contributed by atoms with E-state index in [1.54, 1.807) is 13.0 Å². The second-order valence-corrected chi connectivity index (χ2v) is 3.56. The lowest BCUT2D eigenvalue weighted by molar-refractivity contribution is 0.105. The molecule has 0 aromatic heterocycles. The average molecular weight is 213 g/mol. The molecule has 1 aromatic carbocycles. The zero-order valence-electron chi connectivity index (χ0n) is 8.92. The van der Waals surface area contributed by atoms with Gasteiger partial charge in [0.2, 0.25) is 0 Å². The first-order valence-corrected chi connectivity index (χ1v) is 4.84. The van der Waals surface area contributed by atoms with Crippen LogP contribution in [0.2, 0.25) is 0 Å². The maximum atomic E-state index is 13.1. The van der Waals surface area contributed by atoms with E-state index in [-0.39, 0.29) is 19.0 Å². The first kappa shape index (κ1) is 11.9. The van der Waals surface area contributed by atoms with E-state index >= 15 is 0 Å². The Hall–Kier alpha value is -1.13. The molecule has 1 atom stereocenters. The van der Waals surface area contributed by atoms with Crippen molar-refractivity contribution in [2.45, 2.75) is 20.0 Å². The van der Waals surface area contributed by atoms with E-state index in [1.807, 2.05) is 6.92 Å². The summed E-state index contributed by atoms with van der Waals surface area (Å²) in [4.78, 5) is 0. The fourth-order valence-corrected chi connectivity index (χ4v) is 1.27. The summed E-state index contributed by atoms with van der Waals surface area (Å²) in [6.07, 6.45) is -0.797. The molecule has 1 aromatic rings. The molecule has 0 aliphatic heterocycles. The number of anilines is 1. The van der Waals surface area contributed by atoms with Gasteiger partial charge < -0.3 is 15.5 Å². The SMILES string of the molecule is Cc1c(F)ccc(NCC(O)CO)c1C. The Morgan fingerprint density at radius 1 is 1.33 bits per heavy atom. The number of aliphatic hydroxyl groups is 2. The van der Waals surface area contributed by atoms with Gasteiger partial charge in [-0.05, 0) is 37.1 Å². The number of nitrogens with one attached hydrogen (secondary N) is 1. The van der Waals surface area contributed by atoms with Crippen molar-refractivity contribution >= 4 is 5.69 Å². The van der Waals surface area contributed by atoms with Crippen molar-refractivity contribution in [3.05, 3.63) is 29.1 Å². The fraction of sp³-hybridized carbons (Fsp3) is 0.455. The van der Waals surface area contributed by atoms with Gasteiger partial charge in [0, 0.05) is 12.2 Å². The molecule has 0 aliphatic rings. The quantitative estimate of drug-likeness (QED) is 0.704. The van der Waals surface area contributed by atoms with Gasteiger partial charge in [-0.25, -0.2) is 4.39 Å². The normalized spacial score (nSPS) is 12.6. The molecular formula is C11H16FNO2. The molecule has 1 unspecified atom stereocenters. The lowest BCUT2D eigenvalue weighted by Gasteiger charge is -2.14. The molecule has 1 rings (SSSR count). The summed E-state index contributed by atoms with van der Waals surface area (Å²) in [7, 11) is 0. The Balaban J connectivity index is 2.74. The summed E-state index contributed by atoms with van der Waals surface area (Å²) < 4.78 is 13.1.